The Kier molecular flexibility index (Phi) is 7.05. The third-order valence-electron chi connectivity index (χ3n) is 9.21. The van der Waals surface area contributed by atoms with Crippen molar-refractivity contribution in [2.24, 2.45) is 28.6 Å². The number of carboxylic acids is 1. The molecule has 0 unspecified atom stereocenters. The Morgan fingerprint density at radius 2 is 1.79 bits per heavy atom. The Morgan fingerprint density at radius 1 is 1.12 bits per heavy atom. The number of aliphatic hydroxyl groups is 3. The fourth-order valence-electron chi connectivity index (χ4n) is 7.43. The van der Waals surface area contributed by atoms with Crippen molar-refractivity contribution in [1.29, 1.82) is 0 Å². The lowest BCUT2D eigenvalue weighted by Crippen LogP contribution is -2.62. The van der Waals surface area contributed by atoms with Crippen molar-refractivity contribution in [3.63, 3.8) is 0 Å². The molecule has 0 aliphatic heterocycles. The van der Waals surface area contributed by atoms with E-state index in [9.17, 15) is 34.5 Å². The monoisotopic (exact) mass is 464 g/mol. The Hall–Kier alpha value is -1.90. The molecule has 7 atom stereocenters. The largest absolute Gasteiger partial charge is 0.476 e. The second kappa shape index (κ2) is 9.04. The molecule has 4 rings (SSSR count). The maximum absolute atomic E-state index is 12.4. The number of allylic oxidation sites excluding steroid dienone is 1. The Bertz CT molecular complexity index is 878. The van der Waals surface area contributed by atoms with Crippen molar-refractivity contribution in [2.75, 3.05) is 6.61 Å². The summed E-state index contributed by atoms with van der Waals surface area (Å²) in [6.07, 6.45) is 5.81. The summed E-state index contributed by atoms with van der Waals surface area (Å²) in [7, 11) is 0. The molecule has 3 fully saturated rings. The lowest BCUT2D eigenvalue weighted by molar-refractivity contribution is -0.182. The minimum atomic E-state index is -1.54. The van der Waals surface area contributed by atoms with Crippen LogP contribution in [-0.4, -0.2) is 62.1 Å². The van der Waals surface area contributed by atoms with Gasteiger partial charge in [-0.2, -0.15) is 0 Å². The Labute approximate surface area is 194 Å². The molecule has 4 N–H and O–H groups in total. The van der Waals surface area contributed by atoms with Crippen LogP contribution in [0, 0.1) is 28.6 Å². The quantitative estimate of drug-likeness (QED) is 0.460. The summed E-state index contributed by atoms with van der Waals surface area (Å²) in [5, 5.41) is 39.6. The highest BCUT2D eigenvalue weighted by Gasteiger charge is 2.68. The van der Waals surface area contributed by atoms with E-state index in [1.165, 1.54) is 12.5 Å². The first-order chi connectivity index (χ1) is 15.4. The molecule has 4 aliphatic rings. The Morgan fingerprint density at radius 3 is 2.33 bits per heavy atom. The summed E-state index contributed by atoms with van der Waals surface area (Å²) in [5.74, 6) is -1.94. The molecule has 0 spiro atoms. The van der Waals surface area contributed by atoms with Gasteiger partial charge in [0, 0.05) is 18.3 Å². The molecule has 4 aliphatic carbocycles. The van der Waals surface area contributed by atoms with Crippen LogP contribution in [0.4, 0.5) is 0 Å². The molecule has 8 nitrogen and oxygen atoms in total. The standard InChI is InChI=1S/C21H30O5.C4H6O3/c1-19-7-5-13(23)9-12(19)3-4-14-15-6-8-21(26,17(25)11-22)20(15,2)10-16(24)18(14)19;1-2-3(5)4(6)7/h9,14-16,18,22,24,26H,3-8,10-11H2,1-2H3;2H2,1H3,(H,6,7)/t14-,15-,16-,18+,19-,20-,21-;/m0./s1. The first-order valence-corrected chi connectivity index (χ1v) is 11.9. The van der Waals surface area contributed by atoms with Gasteiger partial charge in [0.15, 0.2) is 11.6 Å². The van der Waals surface area contributed by atoms with E-state index in [1.54, 1.807) is 6.08 Å². The topological polar surface area (TPSA) is 149 Å². The highest BCUT2D eigenvalue weighted by atomic mass is 16.4. The van der Waals surface area contributed by atoms with Crippen LogP contribution >= 0.6 is 0 Å². The maximum Gasteiger partial charge on any atom is 0.372 e. The van der Waals surface area contributed by atoms with Gasteiger partial charge in [0.05, 0.1) is 6.10 Å². The van der Waals surface area contributed by atoms with E-state index < -0.39 is 41.3 Å². The molecular weight excluding hydrogens is 428 g/mol. The number of fused-ring (bicyclic) bond motifs is 5. The van der Waals surface area contributed by atoms with Crippen LogP contribution in [0.3, 0.4) is 0 Å². The molecule has 3 saturated carbocycles. The summed E-state index contributed by atoms with van der Waals surface area (Å²) >= 11 is 0. The van der Waals surface area contributed by atoms with Gasteiger partial charge in [0.2, 0.25) is 5.78 Å². The van der Waals surface area contributed by atoms with Crippen molar-refractivity contribution in [3.8, 4) is 0 Å². The van der Waals surface area contributed by atoms with Gasteiger partial charge in [-0.05, 0) is 67.8 Å². The number of carboxylic acid groups (broad SMARTS) is 1. The molecule has 184 valence electrons. The normalized spacial score (nSPS) is 41.5. The van der Waals surface area contributed by atoms with E-state index in [0.29, 0.717) is 19.3 Å². The minimum absolute atomic E-state index is 0.0697. The van der Waals surface area contributed by atoms with Gasteiger partial charge in [-0.25, -0.2) is 4.79 Å². The number of carbonyl (C=O) groups excluding carboxylic acids is 3. The predicted octanol–water partition coefficient (Wildman–Crippen LogP) is 1.83. The van der Waals surface area contributed by atoms with Gasteiger partial charge in [0.1, 0.15) is 12.2 Å². The molecule has 0 saturated heterocycles. The summed E-state index contributed by atoms with van der Waals surface area (Å²) in [4.78, 5) is 43.7. The molecule has 0 aromatic rings. The number of ketones is 3. The number of Topliss-reactive ketones (excluding diaryl/α,β-unsaturated/α-hetero) is 2. The van der Waals surface area contributed by atoms with Crippen LogP contribution in [0.15, 0.2) is 11.6 Å². The average molecular weight is 465 g/mol. The van der Waals surface area contributed by atoms with E-state index in [-0.39, 0.29) is 35.4 Å². The minimum Gasteiger partial charge on any atom is -0.476 e. The lowest BCUT2D eigenvalue weighted by atomic mass is 9.45. The van der Waals surface area contributed by atoms with Crippen LogP contribution in [0.2, 0.25) is 0 Å². The van der Waals surface area contributed by atoms with Crippen LogP contribution in [0.25, 0.3) is 0 Å². The van der Waals surface area contributed by atoms with Crippen LogP contribution in [0.1, 0.15) is 72.1 Å². The van der Waals surface area contributed by atoms with E-state index >= 15 is 0 Å². The van der Waals surface area contributed by atoms with E-state index in [2.05, 4.69) is 6.92 Å². The van der Waals surface area contributed by atoms with Gasteiger partial charge in [-0.15, -0.1) is 0 Å². The molecular formula is C25H36O8. The third-order valence-corrected chi connectivity index (χ3v) is 9.21. The SMILES string of the molecule is CCC(=O)C(=O)O.C[C@]12CCC(=O)C=C1CC[C@@H]1[C@@H]2[C@@H](O)C[C@@]2(C)[C@H]1CC[C@]2(O)C(=O)CO. The van der Waals surface area contributed by atoms with Crippen molar-refractivity contribution >= 4 is 23.3 Å². The summed E-state index contributed by atoms with van der Waals surface area (Å²) in [6, 6.07) is 0. The molecule has 0 aromatic heterocycles. The van der Waals surface area contributed by atoms with Gasteiger partial charge in [-0.1, -0.05) is 26.3 Å². The lowest BCUT2D eigenvalue weighted by Gasteiger charge is -2.60. The number of carbonyl (C=O) groups is 4. The van der Waals surface area contributed by atoms with E-state index in [4.69, 9.17) is 5.11 Å². The summed E-state index contributed by atoms with van der Waals surface area (Å²) in [6.45, 7) is 4.97. The molecule has 0 amide bonds. The smallest absolute Gasteiger partial charge is 0.372 e. The number of hydrogen-bond donors (Lipinski definition) is 4. The number of aliphatic hydroxyl groups excluding tert-OH is 2. The first kappa shape index (κ1) is 25.7. The van der Waals surface area contributed by atoms with E-state index in [0.717, 1.165) is 25.7 Å². The zero-order chi connectivity index (χ0) is 24.8. The second-order valence-electron chi connectivity index (χ2n) is 10.6. The maximum atomic E-state index is 12.4. The molecule has 0 radical (unpaired) electrons. The van der Waals surface area contributed by atoms with Gasteiger partial charge in [-0.3, -0.25) is 14.4 Å². The van der Waals surface area contributed by atoms with Crippen LogP contribution in [0.5, 0.6) is 0 Å². The third kappa shape index (κ3) is 4.00. The molecule has 0 bridgehead atoms. The van der Waals surface area contributed by atoms with Crippen LogP contribution in [-0.2, 0) is 19.2 Å². The van der Waals surface area contributed by atoms with Crippen molar-refractivity contribution < 1.29 is 39.6 Å². The predicted molar refractivity (Wildman–Crippen MR) is 118 cm³/mol. The Balaban J connectivity index is 0.000000383. The van der Waals surface area contributed by atoms with Gasteiger partial charge < -0.3 is 20.4 Å². The summed E-state index contributed by atoms with van der Waals surface area (Å²) < 4.78 is 0. The number of rotatable bonds is 4. The van der Waals surface area contributed by atoms with E-state index in [1.807, 2.05) is 6.92 Å². The fraction of sp³-hybridized carbons (Fsp3) is 0.760. The average Bonchev–Trinajstić information content (AvgIpc) is 3.04. The zero-order valence-electron chi connectivity index (χ0n) is 19.7. The highest BCUT2D eigenvalue weighted by molar-refractivity contribution is 6.32. The first-order valence-electron chi connectivity index (χ1n) is 11.9. The van der Waals surface area contributed by atoms with Crippen LogP contribution < -0.4 is 0 Å². The molecule has 0 heterocycles. The van der Waals surface area contributed by atoms with Gasteiger partial charge >= 0.3 is 5.97 Å². The second-order valence-corrected chi connectivity index (χ2v) is 10.6. The molecule has 33 heavy (non-hydrogen) atoms. The summed E-state index contributed by atoms with van der Waals surface area (Å²) in [5.41, 5.74) is -1.23. The van der Waals surface area contributed by atoms with Crippen molar-refractivity contribution in [1.82, 2.24) is 0 Å². The number of hydrogen-bond acceptors (Lipinski definition) is 7. The number of aliphatic carboxylic acids is 1. The van der Waals surface area contributed by atoms with Gasteiger partial charge in [0.25, 0.3) is 0 Å². The molecule has 8 heteroatoms. The highest BCUT2D eigenvalue weighted by Crippen LogP contribution is 2.67. The van der Waals surface area contributed by atoms with Crippen molar-refractivity contribution in [2.45, 2.75) is 83.8 Å². The molecule has 0 aromatic carbocycles. The van der Waals surface area contributed by atoms with Crippen molar-refractivity contribution in [3.05, 3.63) is 11.6 Å². The fourth-order valence-corrected chi connectivity index (χ4v) is 7.43. The zero-order valence-corrected chi connectivity index (χ0v) is 19.7.